The highest BCUT2D eigenvalue weighted by Crippen LogP contribution is 2.71. The van der Waals surface area contributed by atoms with Crippen LogP contribution in [0, 0.1) is 28.1 Å². The second-order valence-electron chi connectivity index (χ2n) is 7.55. The zero-order valence-corrected chi connectivity index (χ0v) is 11.1. The molecule has 0 aromatic heterocycles. The van der Waals surface area contributed by atoms with Gasteiger partial charge in [-0.15, -0.1) is 0 Å². The zero-order valence-electron chi connectivity index (χ0n) is 11.1. The molecule has 3 rings (SSSR count). The van der Waals surface area contributed by atoms with Crippen LogP contribution in [0.3, 0.4) is 0 Å². The fourth-order valence-electron chi connectivity index (χ4n) is 5.67. The largest absolute Gasteiger partial charge is 0.298 e. The smallest absolute Gasteiger partial charge is 0.144 e. The minimum Gasteiger partial charge on any atom is -0.298 e. The molecule has 2 bridgehead atoms. The van der Waals surface area contributed by atoms with Crippen LogP contribution in [0.2, 0.25) is 0 Å². The molecule has 3 fully saturated rings. The molecular formula is C15H24O. The summed E-state index contributed by atoms with van der Waals surface area (Å²) < 4.78 is 0. The number of carbonyl (C=O) groups excluding carboxylic acids is 1. The number of Topliss-reactive ketones (excluding diaryl/α,β-unsaturated/α-hetero) is 1. The van der Waals surface area contributed by atoms with Crippen LogP contribution in [0.5, 0.6) is 0 Å². The second-order valence-corrected chi connectivity index (χ2v) is 7.55. The van der Waals surface area contributed by atoms with Gasteiger partial charge < -0.3 is 0 Å². The Labute approximate surface area is 99.0 Å². The molecule has 1 spiro atoms. The van der Waals surface area contributed by atoms with Gasteiger partial charge in [0.15, 0.2) is 0 Å². The molecule has 3 aliphatic rings. The molecule has 0 amide bonds. The van der Waals surface area contributed by atoms with Gasteiger partial charge in [-0.05, 0) is 49.4 Å². The minimum atomic E-state index is -0.0613. The third-order valence-corrected chi connectivity index (χ3v) is 6.43. The minimum absolute atomic E-state index is 0.0125. The lowest BCUT2D eigenvalue weighted by atomic mass is 9.52. The summed E-state index contributed by atoms with van der Waals surface area (Å²) in [5, 5.41) is 0. The molecular weight excluding hydrogens is 196 g/mol. The number of fused-ring (bicyclic) bond motifs is 1. The number of hydrogen-bond acceptors (Lipinski definition) is 1. The van der Waals surface area contributed by atoms with Crippen molar-refractivity contribution in [1.29, 1.82) is 0 Å². The van der Waals surface area contributed by atoms with Gasteiger partial charge in [0.05, 0.1) is 0 Å². The molecule has 0 radical (unpaired) electrons. The van der Waals surface area contributed by atoms with E-state index in [0.29, 0.717) is 17.1 Å². The van der Waals surface area contributed by atoms with Gasteiger partial charge in [-0.3, -0.25) is 4.79 Å². The Kier molecular flexibility index (Phi) is 1.85. The van der Waals surface area contributed by atoms with Crippen molar-refractivity contribution in [2.75, 3.05) is 0 Å². The number of carbonyl (C=O) groups is 1. The van der Waals surface area contributed by atoms with E-state index in [1.165, 1.54) is 25.7 Å². The lowest BCUT2D eigenvalue weighted by Gasteiger charge is -2.50. The Bertz CT molecular complexity index is 356. The average Bonchev–Trinajstić information content (AvgIpc) is 2.69. The molecule has 0 N–H and O–H groups in total. The summed E-state index contributed by atoms with van der Waals surface area (Å²) in [7, 11) is 0. The van der Waals surface area contributed by atoms with Crippen molar-refractivity contribution >= 4 is 5.78 Å². The second kappa shape index (κ2) is 2.73. The van der Waals surface area contributed by atoms with Crippen LogP contribution in [0.25, 0.3) is 0 Å². The third kappa shape index (κ3) is 0.966. The predicted molar refractivity (Wildman–Crippen MR) is 65.1 cm³/mol. The predicted octanol–water partition coefficient (Wildman–Crippen LogP) is 3.82. The maximum atomic E-state index is 12.7. The van der Waals surface area contributed by atoms with Crippen molar-refractivity contribution in [3.63, 3.8) is 0 Å². The SMILES string of the molecule is C[C@@H]1CCC2C(C)(C)C(=O)[C@]3(C)CC[C@@]21C3. The summed E-state index contributed by atoms with van der Waals surface area (Å²) in [5.41, 5.74) is 0.471. The third-order valence-electron chi connectivity index (χ3n) is 6.43. The van der Waals surface area contributed by atoms with Crippen LogP contribution < -0.4 is 0 Å². The van der Waals surface area contributed by atoms with Crippen LogP contribution >= 0.6 is 0 Å². The Morgan fingerprint density at radius 2 is 1.81 bits per heavy atom. The van der Waals surface area contributed by atoms with E-state index in [0.717, 1.165) is 12.3 Å². The number of hydrogen-bond donors (Lipinski definition) is 0. The molecule has 16 heavy (non-hydrogen) atoms. The van der Waals surface area contributed by atoms with Crippen LogP contribution in [-0.2, 0) is 4.79 Å². The van der Waals surface area contributed by atoms with Crippen molar-refractivity contribution in [2.24, 2.45) is 28.1 Å². The molecule has 1 heteroatoms. The van der Waals surface area contributed by atoms with E-state index >= 15 is 0 Å². The van der Waals surface area contributed by atoms with Gasteiger partial charge in [0.25, 0.3) is 0 Å². The molecule has 90 valence electrons. The molecule has 1 nitrogen and oxygen atoms in total. The Morgan fingerprint density at radius 3 is 2.50 bits per heavy atom. The van der Waals surface area contributed by atoms with Crippen molar-refractivity contribution in [3.05, 3.63) is 0 Å². The summed E-state index contributed by atoms with van der Waals surface area (Å²) in [5.74, 6) is 2.07. The lowest BCUT2D eigenvalue weighted by molar-refractivity contribution is -0.148. The summed E-state index contributed by atoms with van der Waals surface area (Å²) in [6.45, 7) is 9.09. The summed E-state index contributed by atoms with van der Waals surface area (Å²) in [6, 6.07) is 0. The quantitative estimate of drug-likeness (QED) is 0.606. The fraction of sp³-hybridized carbons (Fsp3) is 0.933. The van der Waals surface area contributed by atoms with Crippen LogP contribution in [0.4, 0.5) is 0 Å². The molecule has 0 aliphatic heterocycles. The molecule has 0 heterocycles. The first-order valence-corrected chi connectivity index (χ1v) is 6.88. The van der Waals surface area contributed by atoms with Crippen molar-refractivity contribution in [2.45, 2.75) is 59.8 Å². The van der Waals surface area contributed by atoms with E-state index in [1.807, 2.05) is 0 Å². The van der Waals surface area contributed by atoms with Gasteiger partial charge in [-0.1, -0.05) is 27.7 Å². The van der Waals surface area contributed by atoms with Gasteiger partial charge in [0, 0.05) is 10.8 Å². The van der Waals surface area contributed by atoms with Crippen molar-refractivity contribution in [3.8, 4) is 0 Å². The van der Waals surface area contributed by atoms with E-state index in [-0.39, 0.29) is 10.8 Å². The number of rotatable bonds is 0. The maximum Gasteiger partial charge on any atom is 0.144 e. The topological polar surface area (TPSA) is 17.1 Å². The number of ketones is 1. The highest BCUT2D eigenvalue weighted by molar-refractivity contribution is 5.91. The van der Waals surface area contributed by atoms with Gasteiger partial charge in [0.1, 0.15) is 5.78 Å². The average molecular weight is 220 g/mol. The van der Waals surface area contributed by atoms with Gasteiger partial charge in [0.2, 0.25) is 0 Å². The summed E-state index contributed by atoms with van der Waals surface area (Å²) in [4.78, 5) is 12.7. The first-order valence-electron chi connectivity index (χ1n) is 6.88. The van der Waals surface area contributed by atoms with Gasteiger partial charge in [-0.25, -0.2) is 0 Å². The zero-order chi connectivity index (χ0) is 11.8. The summed E-state index contributed by atoms with van der Waals surface area (Å²) in [6.07, 6.45) is 6.28. The van der Waals surface area contributed by atoms with Gasteiger partial charge >= 0.3 is 0 Å². The van der Waals surface area contributed by atoms with Crippen LogP contribution in [0.1, 0.15) is 59.8 Å². The van der Waals surface area contributed by atoms with Crippen molar-refractivity contribution < 1.29 is 4.79 Å². The molecule has 1 unspecified atom stereocenters. The Balaban J connectivity index is 2.14. The molecule has 3 saturated carbocycles. The van der Waals surface area contributed by atoms with E-state index in [1.54, 1.807) is 0 Å². The summed E-state index contributed by atoms with van der Waals surface area (Å²) >= 11 is 0. The molecule has 3 aliphatic carbocycles. The fourth-order valence-corrected chi connectivity index (χ4v) is 5.67. The molecule has 0 aromatic rings. The van der Waals surface area contributed by atoms with E-state index in [9.17, 15) is 4.79 Å². The monoisotopic (exact) mass is 220 g/mol. The molecule has 0 saturated heterocycles. The van der Waals surface area contributed by atoms with E-state index in [4.69, 9.17) is 0 Å². The van der Waals surface area contributed by atoms with Crippen LogP contribution in [-0.4, -0.2) is 5.78 Å². The highest BCUT2D eigenvalue weighted by Gasteiger charge is 2.67. The van der Waals surface area contributed by atoms with Crippen LogP contribution in [0.15, 0.2) is 0 Å². The molecule has 0 aromatic carbocycles. The van der Waals surface area contributed by atoms with E-state index < -0.39 is 0 Å². The first-order chi connectivity index (χ1) is 7.33. The first kappa shape index (κ1) is 10.8. The van der Waals surface area contributed by atoms with Gasteiger partial charge in [-0.2, -0.15) is 0 Å². The highest BCUT2D eigenvalue weighted by atomic mass is 16.1. The lowest BCUT2D eigenvalue weighted by Crippen LogP contribution is -2.51. The van der Waals surface area contributed by atoms with E-state index in [2.05, 4.69) is 27.7 Å². The molecule has 4 atom stereocenters. The maximum absolute atomic E-state index is 12.7. The standard InChI is InChI=1S/C15H24O/c1-10-5-6-11-13(2,3)12(16)14(4)7-8-15(10,11)9-14/h10-11H,5-9H2,1-4H3/t10-,11?,14-,15+/m1/s1. The Hall–Kier alpha value is -0.330. The normalized spacial score (nSPS) is 54.1. The van der Waals surface area contributed by atoms with Crippen molar-refractivity contribution in [1.82, 2.24) is 0 Å². The Morgan fingerprint density at radius 1 is 1.12 bits per heavy atom.